The standard InChI is InChI=1S/C14H28N4O2/c1-4-5-16-12(19)10-17-6-8-18(9-7-17)13(20)14(2,3)11-15/h4-11,15H2,1-3H3,(H,16,19). The van der Waals surface area contributed by atoms with Gasteiger partial charge in [-0.15, -0.1) is 0 Å². The topological polar surface area (TPSA) is 78.7 Å². The lowest BCUT2D eigenvalue weighted by molar-refractivity contribution is -0.141. The summed E-state index contributed by atoms with van der Waals surface area (Å²) in [5, 5.41) is 2.87. The number of amides is 2. The molecule has 1 fully saturated rings. The lowest BCUT2D eigenvalue weighted by Crippen LogP contribution is -2.54. The first-order valence-corrected chi connectivity index (χ1v) is 7.39. The van der Waals surface area contributed by atoms with Gasteiger partial charge >= 0.3 is 0 Å². The molecule has 0 bridgehead atoms. The van der Waals surface area contributed by atoms with E-state index in [2.05, 4.69) is 10.2 Å². The van der Waals surface area contributed by atoms with Crippen LogP contribution in [0.3, 0.4) is 0 Å². The zero-order chi connectivity index (χ0) is 15.2. The first-order valence-electron chi connectivity index (χ1n) is 7.39. The van der Waals surface area contributed by atoms with E-state index in [1.54, 1.807) is 0 Å². The smallest absolute Gasteiger partial charge is 0.234 e. The Bertz CT molecular complexity index is 336. The van der Waals surface area contributed by atoms with Crippen molar-refractivity contribution in [3.8, 4) is 0 Å². The van der Waals surface area contributed by atoms with E-state index in [-0.39, 0.29) is 11.8 Å². The molecule has 6 nitrogen and oxygen atoms in total. The largest absolute Gasteiger partial charge is 0.355 e. The molecule has 0 saturated carbocycles. The third kappa shape index (κ3) is 4.76. The molecular weight excluding hydrogens is 256 g/mol. The molecule has 0 aromatic rings. The van der Waals surface area contributed by atoms with Crippen LogP contribution in [-0.4, -0.2) is 67.4 Å². The number of piperazine rings is 1. The number of carbonyl (C=O) groups excluding carboxylic acids is 2. The number of hydrogen-bond acceptors (Lipinski definition) is 4. The van der Waals surface area contributed by atoms with Crippen LogP contribution in [-0.2, 0) is 9.59 Å². The average Bonchev–Trinajstić information content (AvgIpc) is 2.45. The van der Waals surface area contributed by atoms with Crippen LogP contribution in [0.25, 0.3) is 0 Å². The normalized spacial score (nSPS) is 17.1. The van der Waals surface area contributed by atoms with Gasteiger partial charge in [0.2, 0.25) is 11.8 Å². The number of hydrogen-bond donors (Lipinski definition) is 2. The highest BCUT2D eigenvalue weighted by molar-refractivity contribution is 5.82. The van der Waals surface area contributed by atoms with Crippen molar-refractivity contribution < 1.29 is 9.59 Å². The number of nitrogens with one attached hydrogen (secondary N) is 1. The van der Waals surface area contributed by atoms with Gasteiger partial charge in [0.05, 0.1) is 12.0 Å². The molecule has 0 aromatic heterocycles. The molecule has 0 aliphatic carbocycles. The van der Waals surface area contributed by atoms with Crippen molar-refractivity contribution in [3.63, 3.8) is 0 Å². The van der Waals surface area contributed by atoms with Crippen molar-refractivity contribution in [1.82, 2.24) is 15.1 Å². The van der Waals surface area contributed by atoms with Crippen LogP contribution >= 0.6 is 0 Å². The van der Waals surface area contributed by atoms with Gasteiger partial charge in [-0.1, -0.05) is 6.92 Å². The van der Waals surface area contributed by atoms with E-state index < -0.39 is 5.41 Å². The van der Waals surface area contributed by atoms with Crippen molar-refractivity contribution in [2.45, 2.75) is 27.2 Å². The second-order valence-corrected chi connectivity index (χ2v) is 6.01. The minimum Gasteiger partial charge on any atom is -0.355 e. The molecule has 0 atom stereocenters. The van der Waals surface area contributed by atoms with E-state index in [1.807, 2.05) is 25.7 Å². The molecule has 116 valence electrons. The van der Waals surface area contributed by atoms with E-state index >= 15 is 0 Å². The van der Waals surface area contributed by atoms with E-state index in [9.17, 15) is 9.59 Å². The summed E-state index contributed by atoms with van der Waals surface area (Å²) in [6, 6.07) is 0. The highest BCUT2D eigenvalue weighted by atomic mass is 16.2. The third-order valence-electron chi connectivity index (χ3n) is 3.69. The fraction of sp³-hybridized carbons (Fsp3) is 0.857. The second-order valence-electron chi connectivity index (χ2n) is 6.01. The summed E-state index contributed by atoms with van der Waals surface area (Å²) < 4.78 is 0. The molecule has 1 rings (SSSR count). The number of rotatable bonds is 6. The number of nitrogens with two attached hydrogens (primary N) is 1. The predicted molar refractivity (Wildman–Crippen MR) is 79.2 cm³/mol. The minimum atomic E-state index is -0.499. The van der Waals surface area contributed by atoms with Crippen molar-refractivity contribution in [2.24, 2.45) is 11.1 Å². The van der Waals surface area contributed by atoms with Crippen LogP contribution in [0.1, 0.15) is 27.2 Å². The molecule has 2 amide bonds. The molecule has 20 heavy (non-hydrogen) atoms. The minimum absolute atomic E-state index is 0.0638. The van der Waals surface area contributed by atoms with Crippen LogP contribution in [0, 0.1) is 5.41 Å². The maximum absolute atomic E-state index is 12.3. The maximum atomic E-state index is 12.3. The molecule has 6 heteroatoms. The van der Waals surface area contributed by atoms with Gasteiger partial charge in [-0.25, -0.2) is 0 Å². The molecule has 1 saturated heterocycles. The van der Waals surface area contributed by atoms with Crippen LogP contribution < -0.4 is 11.1 Å². The predicted octanol–water partition coefficient (Wildman–Crippen LogP) is -0.358. The summed E-state index contributed by atoms with van der Waals surface area (Å²) in [6.45, 7) is 10.1. The molecular formula is C14H28N4O2. The van der Waals surface area contributed by atoms with Gasteiger partial charge in [0, 0.05) is 39.3 Å². The lowest BCUT2D eigenvalue weighted by Gasteiger charge is -2.38. The molecule has 3 N–H and O–H groups in total. The monoisotopic (exact) mass is 284 g/mol. The highest BCUT2D eigenvalue weighted by Crippen LogP contribution is 2.18. The Balaban J connectivity index is 2.36. The van der Waals surface area contributed by atoms with E-state index in [0.717, 1.165) is 26.1 Å². The van der Waals surface area contributed by atoms with Gasteiger partial charge in [-0.05, 0) is 20.3 Å². The molecule has 0 unspecified atom stereocenters. The second kappa shape index (κ2) is 7.59. The Hall–Kier alpha value is -1.14. The first-order chi connectivity index (χ1) is 9.40. The summed E-state index contributed by atoms with van der Waals surface area (Å²) in [5.74, 6) is 0.170. The quantitative estimate of drug-likeness (QED) is 0.698. The molecule has 1 heterocycles. The Morgan fingerprint density at radius 3 is 2.30 bits per heavy atom. The zero-order valence-corrected chi connectivity index (χ0v) is 12.9. The fourth-order valence-corrected chi connectivity index (χ4v) is 2.15. The fourth-order valence-electron chi connectivity index (χ4n) is 2.15. The Kier molecular flexibility index (Phi) is 6.42. The summed E-state index contributed by atoms with van der Waals surface area (Å²) in [7, 11) is 0. The van der Waals surface area contributed by atoms with Crippen molar-refractivity contribution >= 4 is 11.8 Å². The number of carbonyl (C=O) groups is 2. The summed E-state index contributed by atoms with van der Waals surface area (Å²) in [4.78, 5) is 27.9. The molecule has 0 spiro atoms. The summed E-state index contributed by atoms with van der Waals surface area (Å²) >= 11 is 0. The van der Waals surface area contributed by atoms with Crippen LogP contribution in [0.15, 0.2) is 0 Å². The summed E-state index contributed by atoms with van der Waals surface area (Å²) in [6.07, 6.45) is 0.947. The van der Waals surface area contributed by atoms with E-state index in [0.29, 0.717) is 26.2 Å². The van der Waals surface area contributed by atoms with Gasteiger partial charge in [-0.2, -0.15) is 0 Å². The molecule has 0 aromatic carbocycles. The Morgan fingerprint density at radius 1 is 1.20 bits per heavy atom. The van der Waals surface area contributed by atoms with Gasteiger partial charge < -0.3 is 16.0 Å². The number of nitrogens with zero attached hydrogens (tertiary/aromatic N) is 2. The van der Waals surface area contributed by atoms with Gasteiger partial charge in [-0.3, -0.25) is 14.5 Å². The molecule has 1 aliphatic rings. The Morgan fingerprint density at radius 2 is 1.80 bits per heavy atom. The van der Waals surface area contributed by atoms with Crippen molar-refractivity contribution in [2.75, 3.05) is 45.8 Å². The maximum Gasteiger partial charge on any atom is 0.234 e. The van der Waals surface area contributed by atoms with Gasteiger partial charge in [0.15, 0.2) is 0 Å². The van der Waals surface area contributed by atoms with Crippen molar-refractivity contribution in [3.05, 3.63) is 0 Å². The lowest BCUT2D eigenvalue weighted by atomic mass is 9.91. The average molecular weight is 284 g/mol. The van der Waals surface area contributed by atoms with Crippen LogP contribution in [0.4, 0.5) is 0 Å². The zero-order valence-electron chi connectivity index (χ0n) is 12.9. The SMILES string of the molecule is CCCNC(=O)CN1CCN(C(=O)C(C)(C)CN)CC1. The highest BCUT2D eigenvalue weighted by Gasteiger charge is 2.32. The molecule has 0 radical (unpaired) electrons. The van der Waals surface area contributed by atoms with Gasteiger partial charge in [0.25, 0.3) is 0 Å². The summed E-state index contributed by atoms with van der Waals surface area (Å²) in [5.41, 5.74) is 5.14. The van der Waals surface area contributed by atoms with Crippen LogP contribution in [0.5, 0.6) is 0 Å². The third-order valence-corrected chi connectivity index (χ3v) is 3.69. The van der Waals surface area contributed by atoms with E-state index in [1.165, 1.54) is 0 Å². The van der Waals surface area contributed by atoms with Crippen LogP contribution in [0.2, 0.25) is 0 Å². The van der Waals surface area contributed by atoms with E-state index in [4.69, 9.17) is 5.73 Å². The molecule has 1 aliphatic heterocycles. The van der Waals surface area contributed by atoms with Crippen molar-refractivity contribution in [1.29, 1.82) is 0 Å². The first kappa shape index (κ1) is 16.9. The Labute approximate surface area is 121 Å². The van der Waals surface area contributed by atoms with Gasteiger partial charge in [0.1, 0.15) is 0 Å².